The summed E-state index contributed by atoms with van der Waals surface area (Å²) < 4.78 is 5.54. The summed E-state index contributed by atoms with van der Waals surface area (Å²) in [4.78, 5) is 45.3. The molecule has 2 aromatic rings. The molecule has 0 bridgehead atoms. The van der Waals surface area contributed by atoms with Crippen molar-refractivity contribution in [1.29, 1.82) is 0 Å². The highest BCUT2D eigenvalue weighted by Crippen LogP contribution is 2.26. The number of imide groups is 1. The molecule has 150 valence electrons. The molecule has 1 N–H and O–H groups in total. The predicted octanol–water partition coefficient (Wildman–Crippen LogP) is 2.17. The van der Waals surface area contributed by atoms with Gasteiger partial charge in [-0.3, -0.25) is 19.3 Å². The largest absolute Gasteiger partial charge is 0.376 e. The molecule has 1 atom stereocenters. The maximum Gasteiger partial charge on any atom is 0.261 e. The van der Waals surface area contributed by atoms with Crippen LogP contribution in [-0.2, 0) is 4.74 Å². The molecule has 2 aliphatic rings. The highest BCUT2D eigenvalue weighted by Gasteiger charge is 2.37. The summed E-state index contributed by atoms with van der Waals surface area (Å²) in [5, 5.41) is 2.76. The van der Waals surface area contributed by atoms with Crippen LogP contribution in [0.5, 0.6) is 0 Å². The molecule has 3 amide bonds. The van der Waals surface area contributed by atoms with Crippen molar-refractivity contribution >= 4 is 29.2 Å². The average Bonchev–Trinajstić information content (AvgIpc) is 3.31. The summed E-state index contributed by atoms with van der Waals surface area (Å²) in [5.74, 6) is -0.316. The summed E-state index contributed by atoms with van der Waals surface area (Å²) >= 11 is 0. The van der Waals surface area contributed by atoms with Gasteiger partial charge in [-0.05, 0) is 43.2 Å². The minimum atomic E-state index is -0.382. The van der Waals surface area contributed by atoms with Gasteiger partial charge in [-0.2, -0.15) is 0 Å². The van der Waals surface area contributed by atoms with Gasteiger partial charge in [-0.15, -0.1) is 0 Å². The fourth-order valence-electron chi connectivity index (χ4n) is 3.52. The second-order valence-corrected chi connectivity index (χ2v) is 7.37. The monoisotopic (exact) mass is 394 g/mol. The van der Waals surface area contributed by atoms with Crippen molar-refractivity contribution in [3.8, 4) is 0 Å². The van der Waals surface area contributed by atoms with Crippen LogP contribution in [0.2, 0.25) is 0 Å². The zero-order valence-corrected chi connectivity index (χ0v) is 16.3. The van der Waals surface area contributed by atoms with E-state index in [1.54, 1.807) is 24.4 Å². The summed E-state index contributed by atoms with van der Waals surface area (Å²) in [7, 11) is 3.76. The van der Waals surface area contributed by atoms with E-state index in [0.29, 0.717) is 23.4 Å². The van der Waals surface area contributed by atoms with Gasteiger partial charge in [-0.1, -0.05) is 0 Å². The molecule has 1 unspecified atom stereocenters. The molecule has 4 rings (SSSR count). The number of hydrogen-bond donors (Lipinski definition) is 1. The Balaban J connectivity index is 1.50. The van der Waals surface area contributed by atoms with E-state index < -0.39 is 0 Å². The minimum Gasteiger partial charge on any atom is -0.376 e. The van der Waals surface area contributed by atoms with Crippen LogP contribution in [0.25, 0.3) is 0 Å². The van der Waals surface area contributed by atoms with E-state index in [0.717, 1.165) is 18.7 Å². The quantitative estimate of drug-likeness (QED) is 0.782. The van der Waals surface area contributed by atoms with Crippen molar-refractivity contribution in [2.24, 2.45) is 0 Å². The Kier molecular flexibility index (Phi) is 5.02. The molecule has 1 aromatic carbocycles. The first kappa shape index (κ1) is 19.1. The van der Waals surface area contributed by atoms with Gasteiger partial charge in [0.15, 0.2) is 0 Å². The van der Waals surface area contributed by atoms with Crippen molar-refractivity contribution in [2.75, 3.05) is 37.5 Å². The number of pyridine rings is 1. The first-order chi connectivity index (χ1) is 13.9. The van der Waals surface area contributed by atoms with Gasteiger partial charge in [-0.25, -0.2) is 4.98 Å². The Bertz CT molecular complexity index is 965. The van der Waals surface area contributed by atoms with E-state index >= 15 is 0 Å². The third-order valence-electron chi connectivity index (χ3n) is 5.11. The molecular weight excluding hydrogens is 372 g/mol. The number of carbonyl (C=O) groups excluding carboxylic acids is 3. The summed E-state index contributed by atoms with van der Waals surface area (Å²) in [6.45, 7) is 0.903. The number of nitrogens with one attached hydrogen (secondary N) is 1. The van der Waals surface area contributed by atoms with Crippen molar-refractivity contribution in [2.45, 2.75) is 18.9 Å². The molecule has 1 fully saturated rings. The van der Waals surface area contributed by atoms with Gasteiger partial charge in [0.1, 0.15) is 5.82 Å². The maximum atomic E-state index is 12.7. The van der Waals surface area contributed by atoms with Crippen LogP contribution >= 0.6 is 0 Å². The third-order valence-corrected chi connectivity index (χ3v) is 5.11. The van der Waals surface area contributed by atoms with Gasteiger partial charge in [0, 0.05) is 26.3 Å². The molecule has 0 radical (unpaired) electrons. The number of amides is 3. The lowest BCUT2D eigenvalue weighted by Gasteiger charge is -2.17. The topological polar surface area (TPSA) is 91.8 Å². The molecular formula is C21H22N4O4. The van der Waals surface area contributed by atoms with E-state index in [-0.39, 0.29) is 35.9 Å². The van der Waals surface area contributed by atoms with Crippen LogP contribution in [0, 0.1) is 0 Å². The first-order valence-corrected chi connectivity index (χ1v) is 9.50. The fourth-order valence-corrected chi connectivity index (χ4v) is 3.52. The van der Waals surface area contributed by atoms with Crippen LogP contribution in [0.4, 0.5) is 11.5 Å². The van der Waals surface area contributed by atoms with Crippen LogP contribution in [0.15, 0.2) is 36.5 Å². The van der Waals surface area contributed by atoms with Gasteiger partial charge in [0.2, 0.25) is 0 Å². The van der Waals surface area contributed by atoms with E-state index in [4.69, 9.17) is 4.74 Å². The van der Waals surface area contributed by atoms with Crippen molar-refractivity contribution in [3.05, 3.63) is 53.2 Å². The van der Waals surface area contributed by atoms with Gasteiger partial charge in [0.05, 0.1) is 35.7 Å². The average molecular weight is 394 g/mol. The lowest BCUT2D eigenvalue weighted by molar-refractivity contribution is 0.0475. The van der Waals surface area contributed by atoms with E-state index in [1.807, 2.05) is 19.0 Å². The summed E-state index contributed by atoms with van der Waals surface area (Å²) in [6, 6.07) is 8.11. The maximum absolute atomic E-state index is 12.7. The standard InChI is InChI=1S/C21H22N4O4/c1-24(2)18-8-6-14(11-22-18)23-19(26)13-5-7-16-17(10-13)21(28)25(20(16)27)12-15-4-3-9-29-15/h5-8,10-11,15H,3-4,9,12H2,1-2H3,(H,23,26). The highest BCUT2D eigenvalue weighted by atomic mass is 16.5. The zero-order chi connectivity index (χ0) is 20.5. The number of nitrogens with zero attached hydrogens (tertiary/aromatic N) is 3. The number of benzene rings is 1. The van der Waals surface area contributed by atoms with Crippen LogP contribution < -0.4 is 10.2 Å². The molecule has 0 spiro atoms. The number of rotatable bonds is 5. The number of fused-ring (bicyclic) bond motifs is 1. The van der Waals surface area contributed by atoms with Gasteiger partial charge >= 0.3 is 0 Å². The number of hydrogen-bond acceptors (Lipinski definition) is 6. The first-order valence-electron chi connectivity index (χ1n) is 9.50. The second-order valence-electron chi connectivity index (χ2n) is 7.37. The Morgan fingerprint density at radius 1 is 1.21 bits per heavy atom. The number of aromatic nitrogens is 1. The molecule has 3 heterocycles. The Morgan fingerprint density at radius 3 is 2.66 bits per heavy atom. The molecule has 8 heteroatoms. The molecule has 8 nitrogen and oxygen atoms in total. The van der Waals surface area contributed by atoms with Crippen molar-refractivity contribution < 1.29 is 19.1 Å². The van der Waals surface area contributed by atoms with Crippen LogP contribution in [0.3, 0.4) is 0 Å². The third kappa shape index (κ3) is 3.71. The lowest BCUT2D eigenvalue weighted by atomic mass is 10.1. The smallest absolute Gasteiger partial charge is 0.261 e. The fraction of sp³-hybridized carbons (Fsp3) is 0.333. The van der Waals surface area contributed by atoms with Crippen LogP contribution in [-0.4, -0.2) is 61.0 Å². The number of carbonyl (C=O) groups is 3. The predicted molar refractivity (Wildman–Crippen MR) is 107 cm³/mol. The minimum absolute atomic E-state index is 0.113. The van der Waals surface area contributed by atoms with E-state index in [9.17, 15) is 14.4 Å². The molecule has 0 aliphatic carbocycles. The molecule has 0 saturated carbocycles. The van der Waals surface area contributed by atoms with E-state index in [2.05, 4.69) is 10.3 Å². The second kappa shape index (κ2) is 7.63. The number of anilines is 2. The van der Waals surface area contributed by atoms with Crippen molar-refractivity contribution in [1.82, 2.24) is 9.88 Å². The lowest BCUT2D eigenvalue weighted by Crippen LogP contribution is -2.36. The van der Waals surface area contributed by atoms with Gasteiger partial charge < -0.3 is 15.0 Å². The van der Waals surface area contributed by atoms with E-state index in [1.165, 1.54) is 17.0 Å². The van der Waals surface area contributed by atoms with Crippen molar-refractivity contribution in [3.63, 3.8) is 0 Å². The Hall–Kier alpha value is -3.26. The Morgan fingerprint density at radius 2 is 2.00 bits per heavy atom. The SMILES string of the molecule is CN(C)c1ccc(NC(=O)c2ccc3c(c2)C(=O)N(CC2CCCO2)C3=O)cn1. The molecule has 1 aromatic heterocycles. The summed E-state index contributed by atoms with van der Waals surface area (Å²) in [6.07, 6.45) is 3.22. The normalized spacial score (nSPS) is 18.1. The Labute approximate surface area is 168 Å². The summed E-state index contributed by atoms with van der Waals surface area (Å²) in [5.41, 5.74) is 1.42. The van der Waals surface area contributed by atoms with Gasteiger partial charge in [0.25, 0.3) is 17.7 Å². The molecule has 2 aliphatic heterocycles. The molecule has 1 saturated heterocycles. The highest BCUT2D eigenvalue weighted by molar-refractivity contribution is 6.22. The number of ether oxygens (including phenoxy) is 1. The zero-order valence-electron chi connectivity index (χ0n) is 16.3. The molecule has 29 heavy (non-hydrogen) atoms. The van der Waals surface area contributed by atoms with Crippen LogP contribution in [0.1, 0.15) is 43.9 Å².